The Balaban J connectivity index is 1.87. The van der Waals surface area contributed by atoms with Gasteiger partial charge in [-0.1, -0.05) is 23.7 Å². The van der Waals surface area contributed by atoms with Crippen LogP contribution in [-0.2, 0) is 7.05 Å². The zero-order valence-electron chi connectivity index (χ0n) is 16.3. The molecule has 7 heteroatoms. The quantitative estimate of drug-likeness (QED) is 0.507. The summed E-state index contributed by atoms with van der Waals surface area (Å²) in [6, 6.07) is 11.1. The van der Waals surface area contributed by atoms with Crippen LogP contribution in [0.15, 0.2) is 66.0 Å². The molecule has 0 radical (unpaired) electrons. The molecule has 3 heterocycles. The lowest BCUT2D eigenvalue weighted by Crippen LogP contribution is -2.15. The third-order valence-corrected chi connectivity index (χ3v) is 5.08. The number of hydrogen-bond acceptors (Lipinski definition) is 4. The summed E-state index contributed by atoms with van der Waals surface area (Å²) in [6.45, 7) is 1.92. The number of pyridine rings is 2. The molecule has 4 aromatic rings. The summed E-state index contributed by atoms with van der Waals surface area (Å²) < 4.78 is 8.53. The maximum atomic E-state index is 12.4. The zero-order valence-corrected chi connectivity index (χ0v) is 17.0. The first-order valence-electron chi connectivity index (χ1n) is 8.99. The van der Waals surface area contributed by atoms with E-state index in [1.165, 1.54) is 0 Å². The second-order valence-corrected chi connectivity index (χ2v) is 7.13. The van der Waals surface area contributed by atoms with Gasteiger partial charge in [0.15, 0.2) is 0 Å². The molecule has 0 bridgehead atoms. The molecule has 0 fully saturated rings. The second kappa shape index (κ2) is 7.56. The van der Waals surface area contributed by atoms with E-state index in [4.69, 9.17) is 16.3 Å². The number of hydrogen-bond donors (Lipinski definition) is 0. The van der Waals surface area contributed by atoms with E-state index in [1.807, 2.05) is 49.6 Å². The summed E-state index contributed by atoms with van der Waals surface area (Å²) in [6.07, 6.45) is 7.18. The molecule has 0 unspecified atom stereocenters. The third-order valence-electron chi connectivity index (χ3n) is 4.76. The van der Waals surface area contributed by atoms with Gasteiger partial charge in [0, 0.05) is 54.0 Å². The van der Waals surface area contributed by atoms with E-state index in [9.17, 15) is 4.79 Å². The molecule has 146 valence electrons. The second-order valence-electron chi connectivity index (χ2n) is 6.73. The zero-order chi connectivity index (χ0) is 20.5. The van der Waals surface area contributed by atoms with Gasteiger partial charge in [0.1, 0.15) is 0 Å². The van der Waals surface area contributed by atoms with Gasteiger partial charge in [-0.2, -0.15) is 5.10 Å². The number of halogens is 1. The molecular weight excluding hydrogens is 388 g/mol. The average Bonchev–Trinajstić information content (AvgIpc) is 3.19. The normalized spacial score (nSPS) is 10.9. The van der Waals surface area contributed by atoms with Crippen LogP contribution in [0.4, 0.5) is 0 Å². The molecule has 0 aliphatic carbocycles. The average molecular weight is 407 g/mol. The van der Waals surface area contributed by atoms with E-state index < -0.39 is 0 Å². The van der Waals surface area contributed by atoms with Crippen LogP contribution in [0.3, 0.4) is 0 Å². The maximum absolute atomic E-state index is 12.4. The minimum absolute atomic E-state index is 0.101. The number of benzene rings is 1. The number of methoxy groups -OCH3 is 1. The fourth-order valence-corrected chi connectivity index (χ4v) is 3.48. The fraction of sp³-hybridized carbons (Fsp3) is 0.136. The van der Waals surface area contributed by atoms with Crippen molar-refractivity contribution >= 4 is 11.6 Å². The van der Waals surface area contributed by atoms with E-state index in [0.29, 0.717) is 10.9 Å². The molecule has 29 heavy (non-hydrogen) atoms. The van der Waals surface area contributed by atoms with Crippen LogP contribution in [0.5, 0.6) is 5.88 Å². The van der Waals surface area contributed by atoms with E-state index >= 15 is 0 Å². The maximum Gasteiger partial charge on any atom is 0.250 e. The first kappa shape index (κ1) is 19.0. The van der Waals surface area contributed by atoms with E-state index in [1.54, 1.807) is 41.9 Å². The highest BCUT2D eigenvalue weighted by molar-refractivity contribution is 6.32. The van der Waals surface area contributed by atoms with Crippen molar-refractivity contribution in [3.8, 4) is 33.8 Å². The fourth-order valence-electron chi connectivity index (χ4n) is 3.25. The lowest BCUT2D eigenvalue weighted by Gasteiger charge is -2.12. The Bertz CT molecular complexity index is 1260. The van der Waals surface area contributed by atoms with Crippen LogP contribution < -0.4 is 10.3 Å². The van der Waals surface area contributed by atoms with E-state index in [-0.39, 0.29) is 5.56 Å². The van der Waals surface area contributed by atoms with Crippen molar-refractivity contribution in [2.75, 3.05) is 7.11 Å². The van der Waals surface area contributed by atoms with Crippen molar-refractivity contribution in [2.45, 2.75) is 6.92 Å². The number of rotatable bonds is 4. The Kier molecular flexibility index (Phi) is 4.94. The van der Waals surface area contributed by atoms with E-state index in [0.717, 1.165) is 33.5 Å². The van der Waals surface area contributed by atoms with Gasteiger partial charge in [-0.15, -0.1) is 0 Å². The molecule has 4 rings (SSSR count). The molecule has 0 saturated heterocycles. The van der Waals surface area contributed by atoms with Crippen LogP contribution >= 0.6 is 11.6 Å². The summed E-state index contributed by atoms with van der Waals surface area (Å²) in [5.41, 5.74) is 4.93. The van der Waals surface area contributed by atoms with Crippen molar-refractivity contribution in [1.29, 1.82) is 0 Å². The third kappa shape index (κ3) is 3.54. The van der Waals surface area contributed by atoms with Gasteiger partial charge in [0.25, 0.3) is 5.56 Å². The van der Waals surface area contributed by atoms with Crippen molar-refractivity contribution in [3.05, 3.63) is 82.1 Å². The van der Waals surface area contributed by atoms with Crippen LogP contribution in [0.2, 0.25) is 5.02 Å². The van der Waals surface area contributed by atoms with Gasteiger partial charge >= 0.3 is 0 Å². The lowest BCUT2D eigenvalue weighted by molar-refractivity contribution is 0.394. The Morgan fingerprint density at radius 1 is 1.03 bits per heavy atom. The van der Waals surface area contributed by atoms with Crippen LogP contribution in [0, 0.1) is 6.92 Å². The standard InChI is InChI=1S/C22H19ClN4O2/c1-14-8-15(10-24-22(14)29-3)17-9-21(28)26(2)13-18(17)16-11-25-27(12-16)20-7-5-4-6-19(20)23/h4-13H,1-3H3. The molecule has 0 aliphatic rings. The molecule has 0 atom stereocenters. The summed E-state index contributed by atoms with van der Waals surface area (Å²) >= 11 is 6.31. The number of aromatic nitrogens is 4. The highest BCUT2D eigenvalue weighted by atomic mass is 35.5. The van der Waals surface area contributed by atoms with Gasteiger partial charge in [-0.05, 0) is 30.7 Å². The largest absolute Gasteiger partial charge is 0.481 e. The SMILES string of the molecule is COc1ncc(-c2cc(=O)n(C)cc2-c2cnn(-c3ccccc3Cl)c2)cc1C. The van der Waals surface area contributed by atoms with Crippen molar-refractivity contribution < 1.29 is 4.74 Å². The summed E-state index contributed by atoms with van der Waals surface area (Å²) in [5.74, 6) is 0.561. The molecule has 0 N–H and O–H groups in total. The lowest BCUT2D eigenvalue weighted by atomic mass is 9.98. The smallest absolute Gasteiger partial charge is 0.250 e. The Morgan fingerprint density at radius 2 is 1.83 bits per heavy atom. The number of ether oxygens (including phenoxy) is 1. The van der Waals surface area contributed by atoms with Crippen LogP contribution in [-0.4, -0.2) is 26.4 Å². The highest BCUT2D eigenvalue weighted by Gasteiger charge is 2.14. The summed E-state index contributed by atoms with van der Waals surface area (Å²) in [4.78, 5) is 16.7. The molecule has 0 saturated carbocycles. The first-order chi connectivity index (χ1) is 14.0. The van der Waals surface area contributed by atoms with Gasteiger partial charge < -0.3 is 9.30 Å². The Morgan fingerprint density at radius 3 is 2.55 bits per heavy atom. The summed E-state index contributed by atoms with van der Waals surface area (Å²) in [7, 11) is 3.31. The Hall–Kier alpha value is -3.38. The number of para-hydroxylation sites is 1. The molecule has 3 aromatic heterocycles. The predicted octanol–water partition coefficient (Wildman–Crippen LogP) is 4.27. The van der Waals surface area contributed by atoms with Crippen LogP contribution in [0.1, 0.15) is 5.56 Å². The topological polar surface area (TPSA) is 61.9 Å². The minimum atomic E-state index is -0.101. The number of nitrogens with zero attached hydrogens (tertiary/aromatic N) is 4. The molecule has 6 nitrogen and oxygen atoms in total. The highest BCUT2D eigenvalue weighted by Crippen LogP contribution is 2.33. The Labute approximate surface area is 173 Å². The molecule has 0 amide bonds. The summed E-state index contributed by atoms with van der Waals surface area (Å²) in [5, 5.41) is 5.07. The predicted molar refractivity (Wildman–Crippen MR) is 114 cm³/mol. The molecule has 1 aromatic carbocycles. The minimum Gasteiger partial charge on any atom is -0.481 e. The van der Waals surface area contributed by atoms with Crippen molar-refractivity contribution in [3.63, 3.8) is 0 Å². The molecule has 0 spiro atoms. The van der Waals surface area contributed by atoms with Crippen LogP contribution in [0.25, 0.3) is 27.9 Å². The first-order valence-corrected chi connectivity index (χ1v) is 9.37. The van der Waals surface area contributed by atoms with Gasteiger partial charge in [-0.3, -0.25) is 4.79 Å². The number of aryl methyl sites for hydroxylation is 2. The van der Waals surface area contributed by atoms with Gasteiger partial charge in [-0.25, -0.2) is 9.67 Å². The van der Waals surface area contributed by atoms with Gasteiger partial charge in [0.05, 0.1) is 24.0 Å². The molecular formula is C22H19ClN4O2. The van der Waals surface area contributed by atoms with Crippen molar-refractivity contribution in [2.24, 2.45) is 7.05 Å². The van der Waals surface area contributed by atoms with E-state index in [2.05, 4.69) is 10.1 Å². The monoisotopic (exact) mass is 406 g/mol. The molecule has 0 aliphatic heterocycles. The van der Waals surface area contributed by atoms with Gasteiger partial charge in [0.2, 0.25) is 5.88 Å². The van der Waals surface area contributed by atoms with Crippen molar-refractivity contribution in [1.82, 2.24) is 19.3 Å².